The van der Waals surface area contributed by atoms with Gasteiger partial charge in [-0.1, -0.05) is 13.8 Å². The van der Waals surface area contributed by atoms with Crippen molar-refractivity contribution in [3.63, 3.8) is 0 Å². The van der Waals surface area contributed by atoms with Gasteiger partial charge in [-0.25, -0.2) is 4.39 Å². The van der Waals surface area contributed by atoms with Gasteiger partial charge in [0.25, 0.3) is 0 Å². The third-order valence-corrected chi connectivity index (χ3v) is 3.90. The van der Waals surface area contributed by atoms with Crippen molar-refractivity contribution in [3.05, 3.63) is 29.1 Å². The SMILES string of the molecule is COc1c(F)cc(C(C)C)cc1C1(C)CCCN1. The van der Waals surface area contributed by atoms with Crippen LogP contribution < -0.4 is 10.1 Å². The zero-order valence-electron chi connectivity index (χ0n) is 11.6. The molecule has 100 valence electrons. The van der Waals surface area contributed by atoms with Crippen LogP contribution in [0.1, 0.15) is 50.7 Å². The molecule has 0 radical (unpaired) electrons. The van der Waals surface area contributed by atoms with Gasteiger partial charge in [0.2, 0.25) is 0 Å². The highest BCUT2D eigenvalue weighted by Crippen LogP contribution is 2.39. The molecule has 1 aromatic rings. The van der Waals surface area contributed by atoms with Gasteiger partial charge in [0.15, 0.2) is 11.6 Å². The smallest absolute Gasteiger partial charge is 0.165 e. The summed E-state index contributed by atoms with van der Waals surface area (Å²) < 4.78 is 19.4. The molecule has 3 heteroatoms. The van der Waals surface area contributed by atoms with E-state index in [4.69, 9.17) is 4.74 Å². The fourth-order valence-electron chi connectivity index (χ4n) is 2.69. The normalized spacial score (nSPS) is 23.7. The van der Waals surface area contributed by atoms with Crippen LogP contribution in [0, 0.1) is 5.82 Å². The standard InChI is InChI=1S/C15H22FNO/c1-10(2)11-8-12(14(18-4)13(16)9-11)15(3)6-5-7-17-15/h8-10,17H,5-7H2,1-4H3. The molecule has 1 N–H and O–H groups in total. The average molecular weight is 251 g/mol. The number of hydrogen-bond donors (Lipinski definition) is 1. The first-order valence-electron chi connectivity index (χ1n) is 6.61. The van der Waals surface area contributed by atoms with Crippen molar-refractivity contribution < 1.29 is 9.13 Å². The lowest BCUT2D eigenvalue weighted by atomic mass is 9.86. The minimum absolute atomic E-state index is 0.170. The van der Waals surface area contributed by atoms with Gasteiger partial charge < -0.3 is 10.1 Å². The van der Waals surface area contributed by atoms with Crippen LogP contribution >= 0.6 is 0 Å². The van der Waals surface area contributed by atoms with Crippen LogP contribution in [0.5, 0.6) is 5.75 Å². The van der Waals surface area contributed by atoms with Crippen LogP contribution in [0.15, 0.2) is 12.1 Å². The summed E-state index contributed by atoms with van der Waals surface area (Å²) in [6.07, 6.45) is 2.14. The van der Waals surface area contributed by atoms with Crippen molar-refractivity contribution in [1.82, 2.24) is 5.32 Å². The molecule has 0 spiro atoms. The summed E-state index contributed by atoms with van der Waals surface area (Å²) in [7, 11) is 1.54. The monoisotopic (exact) mass is 251 g/mol. The van der Waals surface area contributed by atoms with E-state index in [1.54, 1.807) is 6.07 Å². The van der Waals surface area contributed by atoms with Crippen molar-refractivity contribution in [2.75, 3.05) is 13.7 Å². The molecule has 2 nitrogen and oxygen atoms in total. The molecule has 1 unspecified atom stereocenters. The Bertz CT molecular complexity index is 436. The summed E-state index contributed by atoms with van der Waals surface area (Å²) in [6.45, 7) is 7.26. The van der Waals surface area contributed by atoms with Gasteiger partial charge in [-0.15, -0.1) is 0 Å². The summed E-state index contributed by atoms with van der Waals surface area (Å²) in [6, 6.07) is 3.68. The van der Waals surface area contributed by atoms with Crippen LogP contribution in [0.2, 0.25) is 0 Å². The number of methoxy groups -OCH3 is 1. The fourth-order valence-corrected chi connectivity index (χ4v) is 2.69. The number of halogens is 1. The number of hydrogen-bond acceptors (Lipinski definition) is 2. The van der Waals surface area contributed by atoms with Gasteiger partial charge in [-0.2, -0.15) is 0 Å². The lowest BCUT2D eigenvalue weighted by molar-refractivity contribution is 0.350. The second-order valence-corrected chi connectivity index (χ2v) is 5.60. The van der Waals surface area contributed by atoms with E-state index in [0.29, 0.717) is 11.7 Å². The Balaban J connectivity index is 2.55. The Kier molecular flexibility index (Phi) is 3.62. The van der Waals surface area contributed by atoms with Gasteiger partial charge in [0.1, 0.15) is 0 Å². The summed E-state index contributed by atoms with van der Waals surface area (Å²) in [5, 5.41) is 3.47. The Morgan fingerprint density at radius 1 is 1.39 bits per heavy atom. The zero-order valence-corrected chi connectivity index (χ0v) is 11.6. The summed E-state index contributed by atoms with van der Waals surface area (Å²) in [5.74, 6) is 0.444. The number of benzene rings is 1. The average Bonchev–Trinajstić information content (AvgIpc) is 2.76. The topological polar surface area (TPSA) is 21.3 Å². The highest BCUT2D eigenvalue weighted by molar-refractivity contribution is 5.44. The van der Waals surface area contributed by atoms with Crippen LogP contribution in [0.3, 0.4) is 0 Å². The largest absolute Gasteiger partial charge is 0.493 e. The predicted molar refractivity (Wildman–Crippen MR) is 71.6 cm³/mol. The Morgan fingerprint density at radius 2 is 2.11 bits per heavy atom. The fraction of sp³-hybridized carbons (Fsp3) is 0.600. The molecule has 1 aliphatic heterocycles. The molecule has 0 aromatic heterocycles. The van der Waals surface area contributed by atoms with Crippen LogP contribution in [0.25, 0.3) is 0 Å². The van der Waals surface area contributed by atoms with Crippen LogP contribution in [0.4, 0.5) is 4.39 Å². The van der Waals surface area contributed by atoms with Crippen molar-refractivity contribution in [3.8, 4) is 5.75 Å². The highest BCUT2D eigenvalue weighted by Gasteiger charge is 2.34. The summed E-state index contributed by atoms with van der Waals surface area (Å²) in [5.41, 5.74) is 1.81. The Hall–Kier alpha value is -1.09. The molecule has 1 atom stereocenters. The molecule has 1 heterocycles. The van der Waals surface area contributed by atoms with Crippen molar-refractivity contribution >= 4 is 0 Å². The van der Waals surface area contributed by atoms with Gasteiger partial charge >= 0.3 is 0 Å². The number of nitrogens with one attached hydrogen (secondary N) is 1. The van der Waals surface area contributed by atoms with E-state index in [9.17, 15) is 4.39 Å². The van der Waals surface area contributed by atoms with E-state index in [-0.39, 0.29) is 11.4 Å². The molecule has 0 bridgehead atoms. The molecule has 2 rings (SSSR count). The summed E-state index contributed by atoms with van der Waals surface area (Å²) >= 11 is 0. The minimum atomic E-state index is -0.256. The summed E-state index contributed by atoms with van der Waals surface area (Å²) in [4.78, 5) is 0. The third kappa shape index (κ3) is 2.24. The van der Waals surface area contributed by atoms with Crippen LogP contribution in [-0.2, 0) is 5.54 Å². The number of rotatable bonds is 3. The van der Waals surface area contributed by atoms with Crippen LogP contribution in [-0.4, -0.2) is 13.7 Å². The molecule has 0 saturated carbocycles. The maximum Gasteiger partial charge on any atom is 0.165 e. The third-order valence-electron chi connectivity index (χ3n) is 3.90. The second-order valence-electron chi connectivity index (χ2n) is 5.60. The Labute approximate surface area is 109 Å². The second kappa shape index (κ2) is 4.88. The van der Waals surface area contributed by atoms with Gasteiger partial charge in [0, 0.05) is 11.1 Å². The first kappa shape index (κ1) is 13.3. The first-order chi connectivity index (χ1) is 8.48. The van der Waals surface area contributed by atoms with E-state index in [0.717, 1.165) is 30.5 Å². The highest BCUT2D eigenvalue weighted by atomic mass is 19.1. The minimum Gasteiger partial charge on any atom is -0.493 e. The quantitative estimate of drug-likeness (QED) is 0.887. The molecule has 1 saturated heterocycles. The number of ether oxygens (including phenoxy) is 1. The van der Waals surface area contributed by atoms with E-state index >= 15 is 0 Å². The molecule has 0 amide bonds. The maximum absolute atomic E-state index is 14.1. The zero-order chi connectivity index (χ0) is 13.3. The van der Waals surface area contributed by atoms with Crippen molar-refractivity contribution in [1.29, 1.82) is 0 Å². The van der Waals surface area contributed by atoms with Crippen molar-refractivity contribution in [2.45, 2.75) is 45.1 Å². The molecule has 1 aromatic carbocycles. The lowest BCUT2D eigenvalue weighted by Gasteiger charge is -2.28. The first-order valence-corrected chi connectivity index (χ1v) is 6.61. The van der Waals surface area contributed by atoms with E-state index in [1.165, 1.54) is 7.11 Å². The Morgan fingerprint density at radius 3 is 2.61 bits per heavy atom. The van der Waals surface area contributed by atoms with Gasteiger partial charge in [-0.3, -0.25) is 0 Å². The predicted octanol–water partition coefficient (Wildman–Crippen LogP) is 3.56. The molecule has 18 heavy (non-hydrogen) atoms. The van der Waals surface area contributed by atoms with E-state index in [2.05, 4.69) is 32.2 Å². The van der Waals surface area contributed by atoms with Crippen molar-refractivity contribution in [2.24, 2.45) is 0 Å². The maximum atomic E-state index is 14.1. The molecule has 0 aliphatic carbocycles. The molecular weight excluding hydrogens is 229 g/mol. The van der Waals surface area contributed by atoms with Gasteiger partial charge in [-0.05, 0) is 49.9 Å². The van der Waals surface area contributed by atoms with Gasteiger partial charge in [0.05, 0.1) is 7.11 Å². The molecule has 1 aliphatic rings. The molecule has 1 fully saturated rings. The van der Waals surface area contributed by atoms with E-state index < -0.39 is 0 Å². The molecular formula is C15H22FNO. The van der Waals surface area contributed by atoms with E-state index in [1.807, 2.05) is 0 Å². The lowest BCUT2D eigenvalue weighted by Crippen LogP contribution is -2.34.